The summed E-state index contributed by atoms with van der Waals surface area (Å²) >= 11 is 5.88. The fraction of sp³-hybridized carbons (Fsp3) is 0.0625. The molecule has 2 aromatic heterocycles. The number of aromatic nitrogens is 3. The summed E-state index contributed by atoms with van der Waals surface area (Å²) in [4.78, 5) is 19.4. The quantitative estimate of drug-likeness (QED) is 0.705. The number of pyridine rings is 1. The molecule has 7 heteroatoms. The molecule has 2 heterocycles. The number of anilines is 1. The molecule has 0 unspecified atom stereocenters. The monoisotopic (exact) mass is 327 g/mol. The van der Waals surface area contributed by atoms with Crippen LogP contribution >= 0.6 is 11.6 Å². The number of nitrogens with two attached hydrogens (primary N) is 1. The molecular formula is C16H14ClN5O. The summed E-state index contributed by atoms with van der Waals surface area (Å²) in [6.07, 6.45) is 6.71. The number of imidazole rings is 1. The van der Waals surface area contributed by atoms with Crippen LogP contribution in [0.1, 0.15) is 15.9 Å². The summed E-state index contributed by atoms with van der Waals surface area (Å²) in [5, 5.41) is 3.47. The first-order chi connectivity index (χ1) is 11.1. The molecule has 0 bridgehead atoms. The van der Waals surface area contributed by atoms with E-state index >= 15 is 0 Å². The maximum absolute atomic E-state index is 11.4. The fourth-order valence-electron chi connectivity index (χ4n) is 2.21. The van der Waals surface area contributed by atoms with Gasteiger partial charge in [-0.25, -0.2) is 9.97 Å². The molecule has 0 aliphatic carbocycles. The van der Waals surface area contributed by atoms with Gasteiger partial charge >= 0.3 is 0 Å². The van der Waals surface area contributed by atoms with Crippen LogP contribution in [0.4, 0.5) is 5.69 Å². The molecule has 6 nitrogen and oxygen atoms in total. The summed E-state index contributed by atoms with van der Waals surface area (Å²) in [7, 11) is 0. The number of primary amides is 1. The van der Waals surface area contributed by atoms with Gasteiger partial charge in [-0.05, 0) is 23.8 Å². The first-order valence-corrected chi connectivity index (χ1v) is 7.28. The molecule has 0 aliphatic rings. The molecule has 23 heavy (non-hydrogen) atoms. The van der Waals surface area contributed by atoms with E-state index in [9.17, 15) is 4.79 Å². The number of benzene rings is 1. The second kappa shape index (κ2) is 6.50. The van der Waals surface area contributed by atoms with Crippen molar-refractivity contribution < 1.29 is 4.79 Å². The molecule has 0 saturated carbocycles. The van der Waals surface area contributed by atoms with Crippen LogP contribution in [0.15, 0.2) is 55.2 Å². The van der Waals surface area contributed by atoms with Crippen LogP contribution < -0.4 is 11.1 Å². The summed E-state index contributed by atoms with van der Waals surface area (Å²) in [5.74, 6) is -0.552. The molecule has 3 N–H and O–H groups in total. The van der Waals surface area contributed by atoms with E-state index in [1.165, 1.54) is 6.20 Å². The number of halogens is 1. The zero-order valence-corrected chi connectivity index (χ0v) is 12.9. The van der Waals surface area contributed by atoms with Crippen molar-refractivity contribution in [3.05, 3.63) is 71.5 Å². The summed E-state index contributed by atoms with van der Waals surface area (Å²) in [6, 6.07) is 9.55. The number of nitrogens with zero attached hydrogens (tertiary/aromatic N) is 3. The highest BCUT2D eigenvalue weighted by atomic mass is 35.5. The normalized spacial score (nSPS) is 10.5. The second-order valence-corrected chi connectivity index (χ2v) is 5.30. The summed E-state index contributed by atoms with van der Waals surface area (Å²) < 4.78 is 1.92. The Kier molecular flexibility index (Phi) is 4.25. The van der Waals surface area contributed by atoms with Gasteiger partial charge in [-0.1, -0.05) is 23.7 Å². The third-order valence-electron chi connectivity index (χ3n) is 3.33. The van der Waals surface area contributed by atoms with E-state index in [0.29, 0.717) is 22.9 Å². The Labute approximate surface area is 137 Å². The van der Waals surface area contributed by atoms with Gasteiger partial charge in [-0.3, -0.25) is 4.79 Å². The topological polar surface area (TPSA) is 85.8 Å². The van der Waals surface area contributed by atoms with Crippen molar-refractivity contribution >= 4 is 23.2 Å². The van der Waals surface area contributed by atoms with E-state index in [1.807, 2.05) is 35.0 Å². The van der Waals surface area contributed by atoms with E-state index in [4.69, 9.17) is 17.3 Å². The van der Waals surface area contributed by atoms with Gasteiger partial charge in [0.2, 0.25) is 0 Å². The predicted molar refractivity (Wildman–Crippen MR) is 88.7 cm³/mol. The highest BCUT2D eigenvalue weighted by Gasteiger charge is 2.09. The largest absolute Gasteiger partial charge is 0.380 e. The van der Waals surface area contributed by atoms with Crippen molar-refractivity contribution in [2.45, 2.75) is 6.54 Å². The van der Waals surface area contributed by atoms with Gasteiger partial charge in [-0.15, -0.1) is 0 Å². The lowest BCUT2D eigenvalue weighted by Crippen LogP contribution is -2.15. The molecule has 3 rings (SSSR count). The average molecular weight is 328 g/mol. The lowest BCUT2D eigenvalue weighted by atomic mass is 10.1. The predicted octanol–water partition coefficient (Wildman–Crippen LogP) is 2.63. The van der Waals surface area contributed by atoms with Gasteiger partial charge in [0.1, 0.15) is 5.15 Å². The number of amides is 1. The number of hydrogen-bond acceptors (Lipinski definition) is 4. The van der Waals surface area contributed by atoms with Gasteiger partial charge in [-0.2, -0.15) is 0 Å². The molecule has 0 aliphatic heterocycles. The van der Waals surface area contributed by atoms with Gasteiger partial charge < -0.3 is 15.6 Å². The molecule has 0 spiro atoms. The average Bonchev–Trinajstić information content (AvgIpc) is 3.07. The van der Waals surface area contributed by atoms with Crippen molar-refractivity contribution in [3.8, 4) is 5.69 Å². The zero-order valence-electron chi connectivity index (χ0n) is 12.1. The zero-order chi connectivity index (χ0) is 16.2. The van der Waals surface area contributed by atoms with Crippen molar-refractivity contribution in [3.63, 3.8) is 0 Å². The van der Waals surface area contributed by atoms with Gasteiger partial charge in [0.25, 0.3) is 5.91 Å². The van der Waals surface area contributed by atoms with E-state index in [-0.39, 0.29) is 0 Å². The van der Waals surface area contributed by atoms with Crippen LogP contribution in [0, 0.1) is 0 Å². The number of nitrogens with one attached hydrogen (secondary N) is 1. The Balaban J connectivity index is 1.80. The van der Waals surface area contributed by atoms with E-state index < -0.39 is 5.91 Å². The van der Waals surface area contributed by atoms with Crippen LogP contribution in [0.3, 0.4) is 0 Å². The number of carbonyl (C=O) groups excluding carboxylic acids is 1. The highest BCUT2D eigenvalue weighted by Crippen LogP contribution is 2.20. The summed E-state index contributed by atoms with van der Waals surface area (Å²) in [6.45, 7) is 0.517. The van der Waals surface area contributed by atoms with Gasteiger partial charge in [0, 0.05) is 30.8 Å². The molecule has 1 aromatic carbocycles. The minimum Gasteiger partial charge on any atom is -0.380 e. The third kappa shape index (κ3) is 3.49. The van der Waals surface area contributed by atoms with Gasteiger partial charge in [0.05, 0.1) is 17.6 Å². The van der Waals surface area contributed by atoms with Crippen LogP contribution in [0.2, 0.25) is 5.15 Å². The molecule has 0 atom stereocenters. The first-order valence-electron chi connectivity index (χ1n) is 6.90. The van der Waals surface area contributed by atoms with Crippen LogP contribution in [-0.4, -0.2) is 20.4 Å². The summed E-state index contributed by atoms with van der Waals surface area (Å²) in [5.41, 5.74) is 8.26. The first kappa shape index (κ1) is 15.1. The molecule has 0 radical (unpaired) electrons. The minimum atomic E-state index is -0.552. The van der Waals surface area contributed by atoms with Crippen molar-refractivity contribution in [1.29, 1.82) is 0 Å². The molecular weight excluding hydrogens is 314 g/mol. The van der Waals surface area contributed by atoms with Crippen LogP contribution in [0.5, 0.6) is 0 Å². The maximum atomic E-state index is 11.4. The molecule has 3 aromatic rings. The van der Waals surface area contributed by atoms with Crippen LogP contribution in [-0.2, 0) is 6.54 Å². The minimum absolute atomic E-state index is 0.296. The smallest absolute Gasteiger partial charge is 0.252 e. The number of carbonyl (C=O) groups is 1. The molecule has 0 saturated heterocycles. The molecule has 1 amide bonds. The highest BCUT2D eigenvalue weighted by molar-refractivity contribution is 6.29. The fourth-order valence-corrected chi connectivity index (χ4v) is 2.37. The maximum Gasteiger partial charge on any atom is 0.252 e. The van der Waals surface area contributed by atoms with E-state index in [1.54, 1.807) is 18.6 Å². The van der Waals surface area contributed by atoms with E-state index in [0.717, 1.165) is 11.3 Å². The van der Waals surface area contributed by atoms with Crippen molar-refractivity contribution in [1.82, 2.24) is 14.5 Å². The van der Waals surface area contributed by atoms with Crippen molar-refractivity contribution in [2.75, 3.05) is 5.32 Å². The Morgan fingerprint density at radius 3 is 2.96 bits per heavy atom. The number of rotatable bonds is 5. The Hall–Kier alpha value is -2.86. The SMILES string of the molecule is NC(=O)c1cnc(Cl)cc1NCc1cccc(-n2ccnc2)c1. The van der Waals surface area contributed by atoms with Crippen LogP contribution in [0.25, 0.3) is 5.69 Å². The van der Waals surface area contributed by atoms with Gasteiger partial charge in [0.15, 0.2) is 0 Å². The third-order valence-corrected chi connectivity index (χ3v) is 3.54. The van der Waals surface area contributed by atoms with E-state index in [2.05, 4.69) is 15.3 Å². The molecule has 0 fully saturated rings. The second-order valence-electron chi connectivity index (χ2n) is 4.91. The lowest BCUT2D eigenvalue weighted by molar-refractivity contribution is 0.100. The van der Waals surface area contributed by atoms with Crippen molar-refractivity contribution in [2.24, 2.45) is 5.73 Å². The lowest BCUT2D eigenvalue weighted by Gasteiger charge is -2.11. The Morgan fingerprint density at radius 1 is 1.35 bits per heavy atom. The Bertz CT molecular complexity index is 832. The standard InChI is InChI=1S/C16H14ClN5O/c17-15-7-14(13(9-21-15)16(18)23)20-8-11-2-1-3-12(6-11)22-5-4-19-10-22/h1-7,9-10H,8H2,(H2,18,23)(H,20,21). The number of hydrogen-bond donors (Lipinski definition) is 2. The molecule has 116 valence electrons. The Morgan fingerprint density at radius 2 is 2.22 bits per heavy atom.